The second kappa shape index (κ2) is 6.07. The van der Waals surface area contributed by atoms with Gasteiger partial charge in [0.05, 0.1) is 12.0 Å². The molecule has 0 saturated carbocycles. The molecule has 0 heterocycles. The van der Waals surface area contributed by atoms with E-state index in [1.807, 2.05) is 39.8 Å². The fourth-order valence-electron chi connectivity index (χ4n) is 2.03. The Balaban J connectivity index is 3.03. The highest BCUT2D eigenvalue weighted by Crippen LogP contribution is 2.22. The Labute approximate surface area is 120 Å². The summed E-state index contributed by atoms with van der Waals surface area (Å²) in [4.78, 5) is 23.4. The quantitative estimate of drug-likeness (QED) is 0.869. The van der Waals surface area contributed by atoms with Crippen molar-refractivity contribution in [2.75, 3.05) is 0 Å². The number of benzene rings is 1. The van der Waals surface area contributed by atoms with Crippen molar-refractivity contribution in [1.29, 1.82) is 0 Å². The Hall–Kier alpha value is -1.84. The molecule has 1 amide bonds. The number of hydrogen-bond donors (Lipinski definition) is 2. The molecule has 20 heavy (non-hydrogen) atoms. The van der Waals surface area contributed by atoms with Crippen molar-refractivity contribution in [2.45, 2.75) is 46.6 Å². The summed E-state index contributed by atoms with van der Waals surface area (Å²) in [7, 11) is 0. The van der Waals surface area contributed by atoms with Gasteiger partial charge in [-0.1, -0.05) is 26.0 Å². The maximum Gasteiger partial charge on any atom is 0.305 e. The van der Waals surface area contributed by atoms with Crippen molar-refractivity contribution in [3.05, 3.63) is 34.9 Å². The van der Waals surface area contributed by atoms with Crippen LogP contribution >= 0.6 is 0 Å². The van der Waals surface area contributed by atoms with Crippen LogP contribution < -0.4 is 5.32 Å². The number of nitrogens with one attached hydrogen (secondary N) is 1. The van der Waals surface area contributed by atoms with Gasteiger partial charge in [-0.3, -0.25) is 9.59 Å². The summed E-state index contributed by atoms with van der Waals surface area (Å²) < 4.78 is 0. The summed E-state index contributed by atoms with van der Waals surface area (Å²) >= 11 is 0. The molecule has 0 saturated heterocycles. The number of aryl methyl sites for hydroxylation is 1. The first-order valence-electron chi connectivity index (χ1n) is 6.78. The average Bonchev–Trinajstić information content (AvgIpc) is 2.31. The van der Waals surface area contributed by atoms with Crippen molar-refractivity contribution in [3.8, 4) is 0 Å². The Bertz CT molecular complexity index is 522. The zero-order chi connectivity index (χ0) is 15.5. The summed E-state index contributed by atoms with van der Waals surface area (Å²) in [5.74, 6) is -1.11. The molecular weight excluding hydrogens is 254 g/mol. The number of hydrogen-bond acceptors (Lipinski definition) is 2. The molecule has 2 N–H and O–H groups in total. The first kappa shape index (κ1) is 16.2. The van der Waals surface area contributed by atoms with E-state index in [-0.39, 0.29) is 18.2 Å². The molecule has 0 bridgehead atoms. The second-order valence-corrected chi connectivity index (χ2v) is 5.84. The highest BCUT2D eigenvalue weighted by atomic mass is 16.4. The number of carboxylic acid groups (broad SMARTS) is 1. The number of carbonyl (C=O) groups is 2. The van der Waals surface area contributed by atoms with Crippen molar-refractivity contribution in [2.24, 2.45) is 5.92 Å². The third-order valence-corrected chi connectivity index (χ3v) is 4.04. The van der Waals surface area contributed by atoms with E-state index in [9.17, 15) is 9.59 Å². The van der Waals surface area contributed by atoms with E-state index < -0.39 is 11.5 Å². The molecule has 1 aromatic rings. The van der Waals surface area contributed by atoms with Crippen LogP contribution in [0, 0.1) is 19.8 Å². The molecule has 1 atom stereocenters. The highest BCUT2D eigenvalue weighted by molar-refractivity contribution is 5.96. The van der Waals surface area contributed by atoms with Crippen LogP contribution in [0.2, 0.25) is 0 Å². The first-order chi connectivity index (χ1) is 9.17. The molecule has 0 aromatic heterocycles. The number of amides is 1. The van der Waals surface area contributed by atoms with E-state index >= 15 is 0 Å². The van der Waals surface area contributed by atoms with Gasteiger partial charge >= 0.3 is 5.97 Å². The third-order valence-electron chi connectivity index (χ3n) is 4.04. The molecule has 4 heteroatoms. The van der Waals surface area contributed by atoms with Crippen LogP contribution in [-0.4, -0.2) is 22.5 Å². The lowest BCUT2D eigenvalue weighted by molar-refractivity contribution is -0.138. The lowest BCUT2D eigenvalue weighted by Crippen LogP contribution is -2.51. The van der Waals surface area contributed by atoms with Crippen molar-refractivity contribution in [3.63, 3.8) is 0 Å². The minimum absolute atomic E-state index is 0.0210. The average molecular weight is 277 g/mol. The molecule has 0 radical (unpaired) electrons. The lowest BCUT2D eigenvalue weighted by Gasteiger charge is -2.33. The largest absolute Gasteiger partial charge is 0.481 e. The topological polar surface area (TPSA) is 66.4 Å². The monoisotopic (exact) mass is 277 g/mol. The van der Waals surface area contributed by atoms with Crippen LogP contribution in [-0.2, 0) is 4.79 Å². The molecular formula is C16H23NO3. The summed E-state index contributed by atoms with van der Waals surface area (Å²) in [5, 5.41) is 11.9. The number of rotatable bonds is 5. The van der Waals surface area contributed by atoms with E-state index in [1.54, 1.807) is 13.0 Å². The van der Waals surface area contributed by atoms with Crippen molar-refractivity contribution in [1.82, 2.24) is 5.32 Å². The Kier molecular flexibility index (Phi) is 4.93. The van der Waals surface area contributed by atoms with Crippen LogP contribution in [0.3, 0.4) is 0 Å². The molecule has 1 aromatic carbocycles. The second-order valence-electron chi connectivity index (χ2n) is 5.84. The zero-order valence-corrected chi connectivity index (χ0v) is 12.8. The van der Waals surface area contributed by atoms with Crippen molar-refractivity contribution >= 4 is 11.9 Å². The SMILES string of the molecule is Cc1cccc(C(=O)NC(C)(CC(=O)O)C(C)C)c1C. The molecule has 0 aliphatic rings. The van der Waals surface area contributed by atoms with Crippen LogP contribution in [0.1, 0.15) is 48.7 Å². The summed E-state index contributed by atoms with van der Waals surface area (Å²) in [6.45, 7) is 9.44. The Morgan fingerprint density at radius 1 is 1.30 bits per heavy atom. The van der Waals surface area contributed by atoms with Gasteiger partial charge in [0.15, 0.2) is 0 Å². The molecule has 0 aliphatic heterocycles. The highest BCUT2D eigenvalue weighted by Gasteiger charge is 2.33. The number of carbonyl (C=O) groups excluding carboxylic acids is 1. The van der Waals surface area contributed by atoms with Crippen LogP contribution in [0.5, 0.6) is 0 Å². The van der Waals surface area contributed by atoms with Crippen LogP contribution in [0.15, 0.2) is 18.2 Å². The molecule has 1 unspecified atom stereocenters. The normalized spacial score (nSPS) is 13.9. The maximum absolute atomic E-state index is 12.4. The fourth-order valence-corrected chi connectivity index (χ4v) is 2.03. The zero-order valence-electron chi connectivity index (χ0n) is 12.8. The minimum Gasteiger partial charge on any atom is -0.481 e. The van der Waals surface area contributed by atoms with Gasteiger partial charge in [-0.25, -0.2) is 0 Å². The van der Waals surface area contributed by atoms with Gasteiger partial charge in [-0.05, 0) is 43.9 Å². The Morgan fingerprint density at radius 3 is 2.40 bits per heavy atom. The predicted molar refractivity (Wildman–Crippen MR) is 78.9 cm³/mol. The van der Waals surface area contributed by atoms with Gasteiger partial charge in [0.1, 0.15) is 0 Å². The molecule has 110 valence electrons. The summed E-state index contributed by atoms with van der Waals surface area (Å²) in [5.41, 5.74) is 1.80. The van der Waals surface area contributed by atoms with Gasteiger partial charge in [0.2, 0.25) is 0 Å². The van der Waals surface area contributed by atoms with Gasteiger partial charge in [0.25, 0.3) is 5.91 Å². The van der Waals surface area contributed by atoms with E-state index in [0.717, 1.165) is 11.1 Å². The fraction of sp³-hybridized carbons (Fsp3) is 0.500. The predicted octanol–water partition coefficient (Wildman–Crippen LogP) is 2.92. The molecule has 1 rings (SSSR count). The maximum atomic E-state index is 12.4. The van der Waals surface area contributed by atoms with Crippen molar-refractivity contribution < 1.29 is 14.7 Å². The molecule has 4 nitrogen and oxygen atoms in total. The van der Waals surface area contributed by atoms with Gasteiger partial charge in [0, 0.05) is 5.56 Å². The lowest BCUT2D eigenvalue weighted by atomic mass is 9.84. The van der Waals surface area contributed by atoms with E-state index in [0.29, 0.717) is 5.56 Å². The summed E-state index contributed by atoms with van der Waals surface area (Å²) in [6.07, 6.45) is -0.0960. The molecule has 0 spiro atoms. The van der Waals surface area contributed by atoms with E-state index in [1.165, 1.54) is 0 Å². The number of carboxylic acids is 1. The van der Waals surface area contributed by atoms with Crippen LogP contribution in [0.25, 0.3) is 0 Å². The molecule has 0 aliphatic carbocycles. The smallest absolute Gasteiger partial charge is 0.305 e. The third kappa shape index (κ3) is 3.59. The van der Waals surface area contributed by atoms with E-state index in [4.69, 9.17) is 5.11 Å². The molecule has 0 fully saturated rings. The van der Waals surface area contributed by atoms with Gasteiger partial charge < -0.3 is 10.4 Å². The van der Waals surface area contributed by atoms with Gasteiger partial charge in [-0.2, -0.15) is 0 Å². The minimum atomic E-state index is -0.914. The van der Waals surface area contributed by atoms with E-state index in [2.05, 4.69) is 5.32 Å². The standard InChI is InChI=1S/C16H23NO3/c1-10(2)16(5,9-14(18)19)17-15(20)13-8-6-7-11(3)12(13)4/h6-8,10H,9H2,1-5H3,(H,17,20)(H,18,19). The first-order valence-corrected chi connectivity index (χ1v) is 6.78. The van der Waals surface area contributed by atoms with Gasteiger partial charge in [-0.15, -0.1) is 0 Å². The Morgan fingerprint density at radius 2 is 1.90 bits per heavy atom. The number of aliphatic carboxylic acids is 1. The van der Waals surface area contributed by atoms with Crippen LogP contribution in [0.4, 0.5) is 0 Å². The summed E-state index contributed by atoms with van der Waals surface area (Å²) in [6, 6.07) is 5.55.